The molecule has 0 aliphatic heterocycles. The number of aryl methyl sites for hydroxylation is 1. The van der Waals surface area contributed by atoms with Crippen LogP contribution in [0.5, 0.6) is 5.75 Å². The zero-order chi connectivity index (χ0) is 18.0. The van der Waals surface area contributed by atoms with Crippen molar-refractivity contribution in [3.05, 3.63) is 36.0 Å². The predicted octanol–water partition coefficient (Wildman–Crippen LogP) is 3.99. The lowest BCUT2D eigenvalue weighted by Gasteiger charge is -2.12. The highest BCUT2D eigenvalue weighted by atomic mass is 19.4. The van der Waals surface area contributed by atoms with E-state index >= 15 is 0 Å². The van der Waals surface area contributed by atoms with Gasteiger partial charge in [-0.3, -0.25) is 0 Å². The monoisotopic (exact) mass is 351 g/mol. The fraction of sp³-hybridized carbons (Fsp3) is 0.250. The Balaban J connectivity index is 1.90. The maximum Gasteiger partial charge on any atom is 0.405 e. The molecule has 0 amide bonds. The number of hydrogen-bond acceptors (Lipinski definition) is 5. The van der Waals surface area contributed by atoms with E-state index in [0.29, 0.717) is 16.7 Å². The molecule has 9 heteroatoms. The van der Waals surface area contributed by atoms with Crippen LogP contribution in [-0.2, 0) is 0 Å². The molecule has 1 aromatic carbocycles. The van der Waals surface area contributed by atoms with Gasteiger partial charge in [-0.05, 0) is 36.8 Å². The van der Waals surface area contributed by atoms with Crippen LogP contribution in [0.4, 0.5) is 30.6 Å². The van der Waals surface area contributed by atoms with Gasteiger partial charge < -0.3 is 20.4 Å². The third-order valence-corrected chi connectivity index (χ3v) is 3.52. The van der Waals surface area contributed by atoms with E-state index in [-0.39, 0.29) is 11.8 Å². The summed E-state index contributed by atoms with van der Waals surface area (Å²) in [5.41, 5.74) is 2.04. The van der Waals surface area contributed by atoms with Crippen LogP contribution in [0.1, 0.15) is 5.56 Å². The molecule has 25 heavy (non-hydrogen) atoms. The van der Waals surface area contributed by atoms with E-state index < -0.39 is 12.7 Å². The number of nitrogens with zero attached hydrogens (tertiary/aromatic N) is 2. The standard InChI is InChI=1S/C16H16F3N5O/c1-9-7-10(3-4-12(9)25-2)22-15-23-13-11(5-6-20-13)14(24-15)21-8-16(17,18)19/h3-7H,8H2,1-2H3,(H3,20,21,22,23,24). The number of aromatic nitrogens is 3. The molecule has 3 N–H and O–H groups in total. The molecule has 0 saturated heterocycles. The van der Waals surface area contributed by atoms with Gasteiger partial charge in [0.15, 0.2) is 0 Å². The van der Waals surface area contributed by atoms with Gasteiger partial charge >= 0.3 is 6.18 Å². The minimum Gasteiger partial charge on any atom is -0.496 e. The van der Waals surface area contributed by atoms with E-state index in [1.165, 1.54) is 0 Å². The number of ether oxygens (including phenoxy) is 1. The lowest BCUT2D eigenvalue weighted by Crippen LogP contribution is -2.22. The van der Waals surface area contributed by atoms with Gasteiger partial charge in [-0.25, -0.2) is 0 Å². The molecular formula is C16H16F3N5O. The Hall–Kier alpha value is -2.97. The Bertz CT molecular complexity index is 891. The fourth-order valence-electron chi connectivity index (χ4n) is 2.40. The van der Waals surface area contributed by atoms with Crippen molar-refractivity contribution >= 4 is 28.5 Å². The van der Waals surface area contributed by atoms with E-state index in [2.05, 4.69) is 25.6 Å². The minimum atomic E-state index is -4.34. The smallest absolute Gasteiger partial charge is 0.405 e. The van der Waals surface area contributed by atoms with Crippen LogP contribution in [0.25, 0.3) is 11.0 Å². The summed E-state index contributed by atoms with van der Waals surface area (Å²) in [7, 11) is 1.58. The number of halogens is 3. The Morgan fingerprint density at radius 2 is 2.00 bits per heavy atom. The molecule has 3 rings (SSSR count). The van der Waals surface area contributed by atoms with Gasteiger partial charge in [-0.2, -0.15) is 23.1 Å². The lowest BCUT2D eigenvalue weighted by atomic mass is 10.2. The van der Waals surface area contributed by atoms with E-state index in [9.17, 15) is 13.2 Å². The molecule has 0 bridgehead atoms. The summed E-state index contributed by atoms with van der Waals surface area (Å²) in [6, 6.07) is 7.02. The third-order valence-electron chi connectivity index (χ3n) is 3.52. The highest BCUT2D eigenvalue weighted by Gasteiger charge is 2.27. The molecule has 2 aromatic heterocycles. The zero-order valence-electron chi connectivity index (χ0n) is 13.5. The van der Waals surface area contributed by atoms with Gasteiger partial charge in [0.25, 0.3) is 0 Å². The van der Waals surface area contributed by atoms with E-state index in [4.69, 9.17) is 4.74 Å². The van der Waals surface area contributed by atoms with Crippen LogP contribution >= 0.6 is 0 Å². The second-order valence-electron chi connectivity index (χ2n) is 5.41. The van der Waals surface area contributed by atoms with Crippen molar-refractivity contribution in [2.24, 2.45) is 0 Å². The number of anilines is 3. The summed E-state index contributed by atoms with van der Waals surface area (Å²) < 4.78 is 42.7. The van der Waals surface area contributed by atoms with Crippen molar-refractivity contribution in [3.8, 4) is 5.75 Å². The Morgan fingerprint density at radius 3 is 2.68 bits per heavy atom. The van der Waals surface area contributed by atoms with Crippen LogP contribution < -0.4 is 15.4 Å². The van der Waals surface area contributed by atoms with Crippen LogP contribution in [-0.4, -0.2) is 34.8 Å². The quantitative estimate of drug-likeness (QED) is 0.648. The molecule has 0 spiro atoms. The van der Waals surface area contributed by atoms with Gasteiger partial charge in [0, 0.05) is 11.9 Å². The number of benzene rings is 1. The molecule has 3 aromatic rings. The summed E-state index contributed by atoms with van der Waals surface area (Å²) >= 11 is 0. The first-order chi connectivity index (χ1) is 11.9. The number of alkyl halides is 3. The Morgan fingerprint density at radius 1 is 1.20 bits per heavy atom. The molecule has 0 atom stereocenters. The maximum atomic E-state index is 12.5. The number of methoxy groups -OCH3 is 1. The molecule has 2 heterocycles. The first-order valence-corrected chi connectivity index (χ1v) is 7.43. The van der Waals surface area contributed by atoms with Crippen LogP contribution in [0.2, 0.25) is 0 Å². The number of aromatic amines is 1. The van der Waals surface area contributed by atoms with E-state index in [0.717, 1.165) is 11.3 Å². The molecular weight excluding hydrogens is 335 g/mol. The highest BCUT2D eigenvalue weighted by Crippen LogP contribution is 2.26. The number of rotatable bonds is 5. The number of H-pyrrole nitrogens is 1. The first kappa shape index (κ1) is 16.9. The van der Waals surface area contributed by atoms with E-state index in [1.807, 2.05) is 13.0 Å². The van der Waals surface area contributed by atoms with Crippen LogP contribution in [0, 0.1) is 6.92 Å². The summed E-state index contributed by atoms with van der Waals surface area (Å²) in [6.45, 7) is 0.709. The lowest BCUT2D eigenvalue weighted by molar-refractivity contribution is -0.115. The van der Waals surface area contributed by atoms with Crippen LogP contribution in [0.15, 0.2) is 30.5 Å². The highest BCUT2D eigenvalue weighted by molar-refractivity contribution is 5.88. The average Bonchev–Trinajstić information content (AvgIpc) is 3.00. The maximum absolute atomic E-state index is 12.5. The minimum absolute atomic E-state index is 0.108. The summed E-state index contributed by atoms with van der Waals surface area (Å²) in [5.74, 6) is 1.03. The van der Waals surface area contributed by atoms with Gasteiger partial charge in [0.1, 0.15) is 23.8 Å². The SMILES string of the molecule is COc1ccc(Nc2nc(NCC(F)(F)F)c3cc[nH]c3n2)cc1C. The van der Waals surface area contributed by atoms with Gasteiger partial charge in [0.05, 0.1) is 12.5 Å². The Kier molecular flexibility index (Phi) is 4.39. The van der Waals surface area contributed by atoms with E-state index in [1.54, 1.807) is 31.5 Å². The van der Waals surface area contributed by atoms with Crippen molar-refractivity contribution in [2.75, 3.05) is 24.3 Å². The van der Waals surface area contributed by atoms with Crippen molar-refractivity contribution in [2.45, 2.75) is 13.1 Å². The normalized spacial score (nSPS) is 11.6. The molecule has 132 valence electrons. The van der Waals surface area contributed by atoms with Crippen molar-refractivity contribution < 1.29 is 17.9 Å². The second-order valence-corrected chi connectivity index (χ2v) is 5.41. The second kappa shape index (κ2) is 6.50. The molecule has 6 nitrogen and oxygen atoms in total. The average molecular weight is 351 g/mol. The topological polar surface area (TPSA) is 74.9 Å². The zero-order valence-corrected chi connectivity index (χ0v) is 13.5. The molecule has 0 saturated carbocycles. The van der Waals surface area contributed by atoms with Gasteiger partial charge in [-0.1, -0.05) is 0 Å². The molecule has 0 unspecified atom stereocenters. The largest absolute Gasteiger partial charge is 0.496 e. The first-order valence-electron chi connectivity index (χ1n) is 7.43. The fourth-order valence-corrected chi connectivity index (χ4v) is 2.40. The predicted molar refractivity (Wildman–Crippen MR) is 89.4 cm³/mol. The van der Waals surface area contributed by atoms with Crippen molar-refractivity contribution in [1.82, 2.24) is 15.0 Å². The Labute approximate surface area is 141 Å². The van der Waals surface area contributed by atoms with Crippen LogP contribution in [0.3, 0.4) is 0 Å². The number of fused-ring (bicyclic) bond motifs is 1. The molecule has 0 radical (unpaired) electrons. The third kappa shape index (κ3) is 3.93. The molecule has 0 aliphatic carbocycles. The number of hydrogen-bond donors (Lipinski definition) is 3. The molecule has 0 fully saturated rings. The summed E-state index contributed by atoms with van der Waals surface area (Å²) in [5, 5.41) is 5.80. The van der Waals surface area contributed by atoms with Gasteiger partial charge in [0.2, 0.25) is 5.95 Å². The molecule has 0 aliphatic rings. The van der Waals surface area contributed by atoms with Gasteiger partial charge in [-0.15, -0.1) is 0 Å². The van der Waals surface area contributed by atoms with Crippen molar-refractivity contribution in [3.63, 3.8) is 0 Å². The number of nitrogens with one attached hydrogen (secondary N) is 3. The van der Waals surface area contributed by atoms with Crippen molar-refractivity contribution in [1.29, 1.82) is 0 Å². The summed E-state index contributed by atoms with van der Waals surface area (Å²) in [6.07, 6.45) is -2.74. The summed E-state index contributed by atoms with van der Waals surface area (Å²) in [4.78, 5) is 11.3.